The highest BCUT2D eigenvalue weighted by Crippen LogP contribution is 2.37. The summed E-state index contributed by atoms with van der Waals surface area (Å²) in [6, 6.07) is 12.2. The number of hydrogen-bond donors (Lipinski definition) is 1. The van der Waals surface area contributed by atoms with Gasteiger partial charge in [-0.3, -0.25) is 4.79 Å². The molecule has 1 aliphatic rings. The summed E-state index contributed by atoms with van der Waals surface area (Å²) in [4.78, 5) is 30.3. The number of carbonyl (C=O) groups is 1. The third-order valence-electron chi connectivity index (χ3n) is 7.27. The van der Waals surface area contributed by atoms with Gasteiger partial charge in [-0.1, -0.05) is 6.92 Å². The molecule has 5 rings (SSSR count). The number of carbonyl (C=O) groups excluding carboxylic acids is 1. The second-order valence-corrected chi connectivity index (χ2v) is 10.3. The Hall–Kier alpha value is -4.58. The molecular weight excluding hydrogens is 564 g/mol. The van der Waals surface area contributed by atoms with E-state index in [-0.39, 0.29) is 23.4 Å². The minimum Gasteiger partial charge on any atom is -0.438 e. The molecule has 0 saturated carbocycles. The normalized spacial score (nSPS) is 15.2. The van der Waals surface area contributed by atoms with Crippen molar-refractivity contribution >= 4 is 17.3 Å². The number of pyridine rings is 1. The fraction of sp³-hybridized carbons (Fsp3) is 0.290. The lowest BCUT2D eigenvalue weighted by Gasteiger charge is -2.25. The van der Waals surface area contributed by atoms with Crippen molar-refractivity contribution < 1.29 is 27.1 Å². The quantitative estimate of drug-likeness (QED) is 0.235. The zero-order chi connectivity index (χ0) is 30.7. The van der Waals surface area contributed by atoms with Crippen LogP contribution in [0.3, 0.4) is 0 Å². The molecule has 0 radical (unpaired) electrons. The smallest absolute Gasteiger partial charge is 0.416 e. The van der Waals surface area contributed by atoms with Crippen molar-refractivity contribution in [3.05, 3.63) is 89.8 Å². The van der Waals surface area contributed by atoms with Gasteiger partial charge in [0, 0.05) is 37.9 Å². The number of ether oxygens (including phenoxy) is 1. The lowest BCUT2D eigenvalue weighted by molar-refractivity contribution is -0.137. The molecule has 3 heterocycles. The van der Waals surface area contributed by atoms with Gasteiger partial charge < -0.3 is 19.9 Å². The summed E-state index contributed by atoms with van der Waals surface area (Å²) in [5.41, 5.74) is 0.170. The fourth-order valence-corrected chi connectivity index (χ4v) is 4.90. The zero-order valence-corrected chi connectivity index (χ0v) is 23.8. The number of aromatic nitrogens is 3. The van der Waals surface area contributed by atoms with Gasteiger partial charge >= 0.3 is 6.18 Å². The molecule has 0 bridgehead atoms. The highest BCUT2D eigenvalue weighted by atomic mass is 19.4. The number of nitrogens with zero attached hydrogens (tertiary/aromatic N) is 5. The molecule has 1 saturated heterocycles. The predicted molar refractivity (Wildman–Crippen MR) is 155 cm³/mol. The second kappa shape index (κ2) is 12.3. The van der Waals surface area contributed by atoms with Gasteiger partial charge in [0.25, 0.3) is 5.91 Å². The standard InChI is InChI=1S/C31H30F4N6O2/c1-4-28-36-14-11-25(38-28)22-6-5-13-37-30(22)43-21-8-9-24(32)23(17-21)29(42)39-26-16-19(31(33,34)35)7-10-27(26)41-15-12-20(18-41)40(2)3/h5-11,13-14,16-17,20H,4,12,15,18H2,1-3H3,(H,39,42)/t20-/m1/s1. The Kier molecular flexibility index (Phi) is 8.58. The summed E-state index contributed by atoms with van der Waals surface area (Å²) in [5, 5.41) is 2.52. The molecule has 0 spiro atoms. The molecule has 2 aromatic carbocycles. The van der Waals surface area contributed by atoms with Crippen LogP contribution in [0.25, 0.3) is 11.3 Å². The molecule has 1 amide bonds. The largest absolute Gasteiger partial charge is 0.438 e. The lowest BCUT2D eigenvalue weighted by Crippen LogP contribution is -2.31. The first-order valence-corrected chi connectivity index (χ1v) is 13.7. The van der Waals surface area contributed by atoms with E-state index in [1.54, 1.807) is 24.4 Å². The van der Waals surface area contributed by atoms with Gasteiger partial charge in [0.05, 0.1) is 33.8 Å². The van der Waals surface area contributed by atoms with Gasteiger partial charge in [-0.15, -0.1) is 0 Å². The fourth-order valence-electron chi connectivity index (χ4n) is 4.90. The average Bonchev–Trinajstić information content (AvgIpc) is 3.48. The molecule has 12 heteroatoms. The lowest BCUT2D eigenvalue weighted by atomic mass is 10.1. The number of halogens is 4. The van der Waals surface area contributed by atoms with Crippen LogP contribution in [0, 0.1) is 5.82 Å². The van der Waals surface area contributed by atoms with Gasteiger partial charge in [-0.2, -0.15) is 13.2 Å². The minimum atomic E-state index is -4.63. The van der Waals surface area contributed by atoms with E-state index in [9.17, 15) is 22.4 Å². The number of aryl methyl sites for hydroxylation is 1. The Morgan fingerprint density at radius 2 is 1.91 bits per heavy atom. The Bertz CT molecular complexity index is 1630. The van der Waals surface area contributed by atoms with Gasteiger partial charge in [0.15, 0.2) is 0 Å². The van der Waals surface area contributed by atoms with Crippen molar-refractivity contribution in [3.8, 4) is 22.9 Å². The number of benzene rings is 2. The van der Waals surface area contributed by atoms with Crippen LogP contribution >= 0.6 is 0 Å². The molecular formula is C31H30F4N6O2. The van der Waals surface area contributed by atoms with E-state index in [0.717, 1.165) is 24.6 Å². The number of amides is 1. The van der Waals surface area contributed by atoms with Crippen molar-refractivity contribution in [3.63, 3.8) is 0 Å². The van der Waals surface area contributed by atoms with Gasteiger partial charge in [-0.05, 0) is 75.1 Å². The Morgan fingerprint density at radius 3 is 2.63 bits per heavy atom. The number of likely N-dealkylation sites (N-methyl/N-ethyl adjacent to an activating group) is 1. The van der Waals surface area contributed by atoms with Gasteiger partial charge in [0.2, 0.25) is 5.88 Å². The third kappa shape index (κ3) is 6.75. The summed E-state index contributed by atoms with van der Waals surface area (Å²) in [7, 11) is 3.87. The van der Waals surface area contributed by atoms with Crippen LogP contribution in [0.2, 0.25) is 0 Å². The van der Waals surface area contributed by atoms with E-state index in [1.807, 2.05) is 30.8 Å². The maximum atomic E-state index is 15.0. The Labute approximate surface area is 246 Å². The van der Waals surface area contributed by atoms with Crippen LogP contribution in [-0.4, -0.2) is 59.0 Å². The second-order valence-electron chi connectivity index (χ2n) is 10.3. The van der Waals surface area contributed by atoms with E-state index in [0.29, 0.717) is 42.3 Å². The van der Waals surface area contributed by atoms with Crippen molar-refractivity contribution in [2.24, 2.45) is 0 Å². The highest BCUT2D eigenvalue weighted by molar-refractivity contribution is 6.06. The summed E-state index contributed by atoms with van der Waals surface area (Å²) in [6.07, 6.45) is -0.0480. The van der Waals surface area contributed by atoms with E-state index in [2.05, 4.69) is 20.3 Å². The maximum absolute atomic E-state index is 15.0. The molecule has 0 aliphatic carbocycles. The summed E-state index contributed by atoms with van der Waals surface area (Å²) >= 11 is 0. The van der Waals surface area contributed by atoms with Crippen molar-refractivity contribution in [2.45, 2.75) is 32.0 Å². The van der Waals surface area contributed by atoms with Crippen LogP contribution in [0.5, 0.6) is 11.6 Å². The number of anilines is 2. The SMILES string of the molecule is CCc1nccc(-c2cccnc2Oc2ccc(F)c(C(=O)Nc3cc(C(F)(F)F)ccc3N3CC[C@@H](N(C)C)C3)c2)n1. The molecule has 0 unspecified atom stereocenters. The molecule has 1 aliphatic heterocycles. The van der Waals surface area contributed by atoms with Crippen molar-refractivity contribution in [2.75, 3.05) is 37.4 Å². The van der Waals surface area contributed by atoms with Gasteiger partial charge in [-0.25, -0.2) is 19.3 Å². The number of alkyl halides is 3. The average molecular weight is 595 g/mol. The van der Waals surface area contributed by atoms with Crippen LogP contribution in [0.15, 0.2) is 67.0 Å². The van der Waals surface area contributed by atoms with Gasteiger partial charge in [0.1, 0.15) is 17.4 Å². The molecule has 4 aromatic rings. The summed E-state index contributed by atoms with van der Waals surface area (Å²) in [6.45, 7) is 3.09. The summed E-state index contributed by atoms with van der Waals surface area (Å²) in [5.74, 6) is -0.874. The Morgan fingerprint density at radius 1 is 1.09 bits per heavy atom. The highest BCUT2D eigenvalue weighted by Gasteiger charge is 2.33. The molecule has 2 aromatic heterocycles. The number of hydrogen-bond acceptors (Lipinski definition) is 7. The predicted octanol–water partition coefficient (Wildman–Crippen LogP) is 6.44. The van der Waals surface area contributed by atoms with Crippen LogP contribution in [0.4, 0.5) is 28.9 Å². The minimum absolute atomic E-state index is 0.0625. The number of nitrogens with one attached hydrogen (secondary N) is 1. The first-order chi connectivity index (χ1) is 20.5. The van der Waals surface area contributed by atoms with Crippen LogP contribution < -0.4 is 15.0 Å². The van der Waals surface area contributed by atoms with E-state index in [4.69, 9.17) is 4.74 Å². The van der Waals surface area contributed by atoms with Crippen LogP contribution in [-0.2, 0) is 12.6 Å². The topological polar surface area (TPSA) is 83.5 Å². The maximum Gasteiger partial charge on any atom is 0.416 e. The Balaban J connectivity index is 1.44. The first kappa shape index (κ1) is 29.9. The first-order valence-electron chi connectivity index (χ1n) is 13.7. The number of rotatable bonds is 8. The van der Waals surface area contributed by atoms with Crippen molar-refractivity contribution in [1.29, 1.82) is 0 Å². The molecule has 8 nitrogen and oxygen atoms in total. The third-order valence-corrected chi connectivity index (χ3v) is 7.27. The molecule has 1 fully saturated rings. The van der Waals surface area contributed by atoms with Crippen molar-refractivity contribution in [1.82, 2.24) is 19.9 Å². The van der Waals surface area contributed by atoms with E-state index in [1.165, 1.54) is 24.4 Å². The molecule has 1 N–H and O–H groups in total. The van der Waals surface area contributed by atoms with Crippen LogP contribution in [0.1, 0.15) is 35.1 Å². The molecule has 224 valence electrons. The van der Waals surface area contributed by atoms with E-state index < -0.39 is 29.0 Å². The van der Waals surface area contributed by atoms with E-state index >= 15 is 0 Å². The monoisotopic (exact) mass is 594 g/mol. The zero-order valence-electron chi connectivity index (χ0n) is 23.8. The molecule has 43 heavy (non-hydrogen) atoms. The summed E-state index contributed by atoms with van der Waals surface area (Å²) < 4.78 is 61.7. The molecule has 1 atom stereocenters.